The number of benzene rings is 1. The molecule has 1 aliphatic carbocycles. The summed E-state index contributed by atoms with van der Waals surface area (Å²) in [6.07, 6.45) is 5.87. The molecule has 3 aromatic rings. The predicted molar refractivity (Wildman–Crippen MR) is 152 cm³/mol. The Morgan fingerprint density at radius 2 is 2.08 bits per heavy atom. The fourth-order valence-corrected chi connectivity index (χ4v) is 6.88. The lowest BCUT2D eigenvalue weighted by Crippen LogP contribution is -2.45. The summed E-state index contributed by atoms with van der Waals surface area (Å²) in [5.74, 6) is 1.25. The van der Waals surface area contributed by atoms with E-state index in [1.807, 2.05) is 17.0 Å². The molecule has 2 aromatic heterocycles. The van der Waals surface area contributed by atoms with Gasteiger partial charge < -0.3 is 14.5 Å². The van der Waals surface area contributed by atoms with Gasteiger partial charge in [0, 0.05) is 43.6 Å². The monoisotopic (exact) mass is 596 g/mol. The van der Waals surface area contributed by atoms with Crippen molar-refractivity contribution in [2.45, 2.75) is 63.1 Å². The van der Waals surface area contributed by atoms with E-state index in [0.29, 0.717) is 24.8 Å². The molecule has 1 spiro atoms. The van der Waals surface area contributed by atoms with Crippen molar-refractivity contribution in [2.75, 3.05) is 31.8 Å². The normalized spacial score (nSPS) is 22.4. The van der Waals surface area contributed by atoms with Gasteiger partial charge in [0.05, 0.1) is 24.5 Å². The minimum atomic E-state index is -0.384. The fraction of sp³-hybridized carbons (Fsp3) is 0.500. The molecular weight excluding hydrogens is 564 g/mol. The number of aromatic nitrogens is 4. The molecule has 38 heavy (non-hydrogen) atoms. The van der Waals surface area contributed by atoms with Gasteiger partial charge in [0.25, 0.3) is 5.91 Å². The van der Waals surface area contributed by atoms with E-state index in [-0.39, 0.29) is 11.5 Å². The molecular formula is C28H33BrN6O2S. The Labute approximate surface area is 236 Å². The van der Waals surface area contributed by atoms with E-state index in [1.54, 1.807) is 30.8 Å². The van der Waals surface area contributed by atoms with Crippen LogP contribution in [0, 0.1) is 5.92 Å². The zero-order chi connectivity index (χ0) is 26.6. The van der Waals surface area contributed by atoms with E-state index < -0.39 is 0 Å². The second-order valence-corrected chi connectivity index (χ2v) is 12.5. The van der Waals surface area contributed by atoms with Crippen molar-refractivity contribution in [1.82, 2.24) is 24.6 Å². The average molecular weight is 598 g/mol. The van der Waals surface area contributed by atoms with Crippen molar-refractivity contribution in [2.24, 2.45) is 5.92 Å². The number of carbonyl (C=O) groups is 1. The van der Waals surface area contributed by atoms with Crippen LogP contribution in [0.5, 0.6) is 0 Å². The standard InChI is InChI=1S/C28H33BrN6O2S/c1-17-6-7-18-8-9-19(29)12-22(18)28(17)14-24-21(16-37-28)25(31-27(30-24)38-4)34-10-5-11-35-20(15-34)13-23(32-35)26(36)33(2)3/h8-9,12-13,17H,5-7,10-11,14-16H2,1-4H3. The number of amides is 1. The van der Waals surface area contributed by atoms with Crippen LogP contribution in [0.4, 0.5) is 5.82 Å². The maximum atomic E-state index is 12.6. The third kappa shape index (κ3) is 4.34. The van der Waals surface area contributed by atoms with Crippen LogP contribution in [0.1, 0.15) is 58.3 Å². The van der Waals surface area contributed by atoms with Crippen LogP contribution in [0.25, 0.3) is 0 Å². The van der Waals surface area contributed by atoms with Gasteiger partial charge >= 0.3 is 0 Å². The van der Waals surface area contributed by atoms with Gasteiger partial charge in [-0.25, -0.2) is 9.97 Å². The van der Waals surface area contributed by atoms with Crippen molar-refractivity contribution in [1.29, 1.82) is 0 Å². The van der Waals surface area contributed by atoms with Crippen LogP contribution in [-0.4, -0.2) is 57.5 Å². The van der Waals surface area contributed by atoms with Crippen LogP contribution in [0.3, 0.4) is 0 Å². The number of nitrogens with zero attached hydrogens (tertiary/aromatic N) is 6. The van der Waals surface area contributed by atoms with Gasteiger partial charge in [-0.2, -0.15) is 5.10 Å². The van der Waals surface area contributed by atoms with Gasteiger partial charge in [0.2, 0.25) is 0 Å². The maximum absolute atomic E-state index is 12.6. The van der Waals surface area contributed by atoms with Gasteiger partial charge in [0.15, 0.2) is 10.9 Å². The molecule has 0 saturated heterocycles. The lowest BCUT2D eigenvalue weighted by molar-refractivity contribution is -0.117. The van der Waals surface area contributed by atoms with Gasteiger partial charge in [-0.05, 0) is 60.8 Å². The van der Waals surface area contributed by atoms with Crippen LogP contribution in [0.15, 0.2) is 33.9 Å². The molecule has 6 rings (SSSR count). The van der Waals surface area contributed by atoms with Crippen molar-refractivity contribution in [3.8, 4) is 0 Å². The molecule has 8 nitrogen and oxygen atoms in total. The topological polar surface area (TPSA) is 76.4 Å². The summed E-state index contributed by atoms with van der Waals surface area (Å²) in [6.45, 7) is 5.07. The number of aryl methyl sites for hydroxylation is 2. The van der Waals surface area contributed by atoms with Gasteiger partial charge in [-0.15, -0.1) is 0 Å². The molecule has 0 saturated carbocycles. The van der Waals surface area contributed by atoms with Crippen LogP contribution < -0.4 is 4.90 Å². The summed E-state index contributed by atoms with van der Waals surface area (Å²) < 4.78 is 9.95. The summed E-state index contributed by atoms with van der Waals surface area (Å²) in [5, 5.41) is 5.40. The summed E-state index contributed by atoms with van der Waals surface area (Å²) in [6, 6.07) is 8.54. The Bertz CT molecular complexity index is 1410. The number of anilines is 1. The third-order valence-electron chi connectivity index (χ3n) is 8.25. The fourth-order valence-electron chi connectivity index (χ4n) is 6.14. The molecule has 0 radical (unpaired) electrons. The molecule has 1 aromatic carbocycles. The Balaban J connectivity index is 1.38. The molecule has 0 fully saturated rings. The number of fused-ring (bicyclic) bond motifs is 4. The average Bonchev–Trinajstić information content (AvgIpc) is 3.21. The highest BCUT2D eigenvalue weighted by molar-refractivity contribution is 9.10. The Morgan fingerprint density at radius 1 is 1.24 bits per heavy atom. The quantitative estimate of drug-likeness (QED) is 0.317. The van der Waals surface area contributed by atoms with E-state index in [1.165, 1.54) is 11.1 Å². The third-order valence-corrected chi connectivity index (χ3v) is 9.29. The molecule has 0 N–H and O–H groups in total. The van der Waals surface area contributed by atoms with E-state index in [4.69, 9.17) is 14.7 Å². The molecule has 2 atom stereocenters. The second-order valence-electron chi connectivity index (χ2n) is 10.8. The van der Waals surface area contributed by atoms with E-state index in [9.17, 15) is 4.79 Å². The number of carbonyl (C=O) groups excluding carboxylic acids is 1. The number of hydrogen-bond acceptors (Lipinski definition) is 7. The smallest absolute Gasteiger partial charge is 0.273 e. The number of hydrogen-bond donors (Lipinski definition) is 0. The summed E-state index contributed by atoms with van der Waals surface area (Å²) in [5.41, 5.74) is 5.97. The highest BCUT2D eigenvalue weighted by atomic mass is 79.9. The van der Waals surface area contributed by atoms with Crippen molar-refractivity contribution >= 4 is 39.4 Å². The predicted octanol–water partition coefficient (Wildman–Crippen LogP) is 4.82. The Morgan fingerprint density at radius 3 is 2.87 bits per heavy atom. The SMILES string of the molecule is CSc1nc2c(c(N3CCCn4nc(C(=O)N(C)C)cc4C3)n1)COC1(C2)c2cc(Br)ccc2CCC1C. The van der Waals surface area contributed by atoms with Gasteiger partial charge in [-0.3, -0.25) is 9.48 Å². The van der Waals surface area contributed by atoms with Crippen LogP contribution in [0.2, 0.25) is 0 Å². The first kappa shape index (κ1) is 25.8. The van der Waals surface area contributed by atoms with Crippen LogP contribution >= 0.6 is 27.7 Å². The maximum Gasteiger partial charge on any atom is 0.273 e. The molecule has 1 amide bonds. The number of ether oxygens (including phenoxy) is 1. The zero-order valence-electron chi connectivity index (χ0n) is 22.3. The zero-order valence-corrected chi connectivity index (χ0v) is 24.7. The molecule has 3 aliphatic rings. The van der Waals surface area contributed by atoms with Crippen molar-refractivity contribution in [3.05, 3.63) is 62.5 Å². The first-order chi connectivity index (χ1) is 18.3. The summed E-state index contributed by atoms with van der Waals surface area (Å²) >= 11 is 5.28. The van der Waals surface area contributed by atoms with Gasteiger partial charge in [0.1, 0.15) is 11.4 Å². The minimum absolute atomic E-state index is 0.0755. The van der Waals surface area contributed by atoms with E-state index in [2.05, 4.69) is 51.1 Å². The Hall–Kier alpha value is -2.43. The summed E-state index contributed by atoms with van der Waals surface area (Å²) in [7, 11) is 3.51. The molecule has 2 aliphatic heterocycles. The molecule has 0 bridgehead atoms. The van der Waals surface area contributed by atoms with Crippen LogP contribution in [-0.2, 0) is 42.9 Å². The summed E-state index contributed by atoms with van der Waals surface area (Å²) in [4.78, 5) is 26.5. The first-order valence-corrected chi connectivity index (χ1v) is 15.2. The molecule has 200 valence electrons. The van der Waals surface area contributed by atoms with E-state index >= 15 is 0 Å². The Kier molecular flexibility index (Phi) is 6.76. The van der Waals surface area contributed by atoms with Gasteiger partial charge in [-0.1, -0.05) is 40.7 Å². The molecule has 4 heterocycles. The number of rotatable bonds is 3. The number of thioether (sulfide) groups is 1. The van der Waals surface area contributed by atoms with Crippen molar-refractivity contribution < 1.29 is 9.53 Å². The number of halogens is 1. The molecule has 10 heteroatoms. The largest absolute Gasteiger partial charge is 0.365 e. The van der Waals surface area contributed by atoms with Crippen molar-refractivity contribution in [3.63, 3.8) is 0 Å². The second kappa shape index (κ2) is 9.95. The van der Waals surface area contributed by atoms with E-state index in [0.717, 1.165) is 71.2 Å². The highest BCUT2D eigenvalue weighted by Crippen LogP contribution is 2.49. The lowest BCUT2D eigenvalue weighted by atomic mass is 9.69. The minimum Gasteiger partial charge on any atom is -0.365 e. The highest BCUT2D eigenvalue weighted by Gasteiger charge is 2.47. The first-order valence-electron chi connectivity index (χ1n) is 13.2. The lowest BCUT2D eigenvalue weighted by Gasteiger charge is -2.47. The molecule has 2 unspecified atom stereocenters.